The number of rotatable bonds is 9. The van der Waals surface area contributed by atoms with Gasteiger partial charge in [-0.1, -0.05) is 18.2 Å². The molecule has 2 aromatic rings. The molecule has 0 fully saturated rings. The lowest BCUT2D eigenvalue weighted by atomic mass is 9.90. The minimum Gasteiger partial charge on any atom is -0.372 e. The average molecular weight is 400 g/mol. The predicted octanol–water partition coefficient (Wildman–Crippen LogP) is 4.00. The zero-order valence-corrected chi connectivity index (χ0v) is 17.6. The highest BCUT2D eigenvalue weighted by atomic mass is 19.1. The highest BCUT2D eigenvalue weighted by molar-refractivity contribution is 6.09. The molecular weight excluding hydrogens is 369 g/mol. The normalized spacial score (nSPS) is 11.1. The summed E-state index contributed by atoms with van der Waals surface area (Å²) in [5.41, 5.74) is 0.992. The van der Waals surface area contributed by atoms with Crippen molar-refractivity contribution in [1.82, 2.24) is 5.32 Å². The third kappa shape index (κ3) is 5.79. The van der Waals surface area contributed by atoms with Crippen LogP contribution in [0.4, 0.5) is 15.8 Å². The molecule has 6 heteroatoms. The van der Waals surface area contributed by atoms with Crippen LogP contribution in [-0.2, 0) is 16.0 Å². The molecule has 2 aromatic carbocycles. The number of anilines is 2. The van der Waals surface area contributed by atoms with Gasteiger partial charge in [-0.25, -0.2) is 4.39 Å². The van der Waals surface area contributed by atoms with Gasteiger partial charge in [0.15, 0.2) is 0 Å². The second-order valence-corrected chi connectivity index (χ2v) is 7.40. The number of amides is 2. The van der Waals surface area contributed by atoms with Crippen LogP contribution < -0.4 is 15.5 Å². The van der Waals surface area contributed by atoms with Crippen LogP contribution in [0.3, 0.4) is 0 Å². The van der Waals surface area contributed by atoms with Crippen LogP contribution in [0.5, 0.6) is 0 Å². The monoisotopic (exact) mass is 399 g/mol. The van der Waals surface area contributed by atoms with E-state index in [0.717, 1.165) is 18.8 Å². The van der Waals surface area contributed by atoms with Crippen molar-refractivity contribution in [2.75, 3.05) is 29.9 Å². The van der Waals surface area contributed by atoms with E-state index in [4.69, 9.17) is 0 Å². The summed E-state index contributed by atoms with van der Waals surface area (Å²) in [5, 5.41) is 5.54. The predicted molar refractivity (Wildman–Crippen MR) is 116 cm³/mol. The van der Waals surface area contributed by atoms with Crippen molar-refractivity contribution in [2.45, 2.75) is 34.1 Å². The van der Waals surface area contributed by atoms with Crippen LogP contribution in [0.2, 0.25) is 0 Å². The molecule has 29 heavy (non-hydrogen) atoms. The quantitative estimate of drug-likeness (QED) is 0.627. The van der Waals surface area contributed by atoms with E-state index in [9.17, 15) is 14.0 Å². The van der Waals surface area contributed by atoms with Crippen molar-refractivity contribution >= 4 is 23.2 Å². The lowest BCUT2D eigenvalue weighted by molar-refractivity contribution is -0.138. The standard InChI is InChI=1S/C23H30FN3O2/c1-5-27(6-2)19-13-11-18(12-14-19)26-22(29)23(3,4)21(28)25-16-15-17-9-7-8-10-20(17)24/h7-14H,5-6,15-16H2,1-4H3,(H,25,28)(H,26,29). The summed E-state index contributed by atoms with van der Waals surface area (Å²) in [4.78, 5) is 27.4. The lowest BCUT2D eigenvalue weighted by Gasteiger charge is -2.24. The van der Waals surface area contributed by atoms with Gasteiger partial charge in [0.2, 0.25) is 11.8 Å². The van der Waals surface area contributed by atoms with E-state index in [0.29, 0.717) is 17.7 Å². The number of carbonyl (C=O) groups excluding carboxylic acids is 2. The smallest absolute Gasteiger partial charge is 0.239 e. The number of hydrogen-bond acceptors (Lipinski definition) is 3. The van der Waals surface area contributed by atoms with Crippen molar-refractivity contribution in [1.29, 1.82) is 0 Å². The molecule has 0 spiro atoms. The number of carbonyl (C=O) groups is 2. The van der Waals surface area contributed by atoms with E-state index in [2.05, 4.69) is 29.4 Å². The Kier molecular flexibility index (Phi) is 7.76. The molecule has 0 saturated heterocycles. The maximum absolute atomic E-state index is 13.7. The maximum atomic E-state index is 13.7. The van der Waals surface area contributed by atoms with E-state index in [1.165, 1.54) is 6.07 Å². The fraction of sp³-hybridized carbons (Fsp3) is 0.391. The first kappa shape index (κ1) is 22.4. The number of halogens is 1. The summed E-state index contributed by atoms with van der Waals surface area (Å²) in [6.45, 7) is 9.40. The second kappa shape index (κ2) is 10.0. The number of hydrogen-bond donors (Lipinski definition) is 2. The highest BCUT2D eigenvalue weighted by Crippen LogP contribution is 2.22. The third-order valence-electron chi connectivity index (χ3n) is 5.03. The van der Waals surface area contributed by atoms with E-state index < -0.39 is 17.2 Å². The van der Waals surface area contributed by atoms with Crippen molar-refractivity contribution < 1.29 is 14.0 Å². The molecular formula is C23H30FN3O2. The van der Waals surface area contributed by atoms with Crippen LogP contribution in [0.25, 0.3) is 0 Å². The lowest BCUT2D eigenvalue weighted by Crippen LogP contribution is -2.45. The zero-order valence-electron chi connectivity index (χ0n) is 17.6. The summed E-state index contributed by atoms with van der Waals surface area (Å²) in [5.74, 6) is -1.09. The van der Waals surface area contributed by atoms with E-state index in [1.807, 2.05) is 24.3 Å². The van der Waals surface area contributed by atoms with Gasteiger partial charge in [0.05, 0.1) is 0 Å². The molecule has 156 valence electrons. The molecule has 5 nitrogen and oxygen atoms in total. The number of benzene rings is 2. The molecule has 0 bridgehead atoms. The number of nitrogens with one attached hydrogen (secondary N) is 2. The molecule has 0 aliphatic heterocycles. The van der Waals surface area contributed by atoms with Gasteiger partial charge in [0.25, 0.3) is 0 Å². The minimum absolute atomic E-state index is 0.259. The van der Waals surface area contributed by atoms with Crippen LogP contribution in [0.15, 0.2) is 48.5 Å². The van der Waals surface area contributed by atoms with Crippen LogP contribution in [-0.4, -0.2) is 31.4 Å². The molecule has 0 aliphatic rings. The molecule has 0 radical (unpaired) electrons. The Morgan fingerprint density at radius 3 is 2.17 bits per heavy atom. The first-order valence-electron chi connectivity index (χ1n) is 9.97. The van der Waals surface area contributed by atoms with Gasteiger partial charge < -0.3 is 15.5 Å². The van der Waals surface area contributed by atoms with Crippen LogP contribution in [0.1, 0.15) is 33.3 Å². The summed E-state index contributed by atoms with van der Waals surface area (Å²) in [6, 6.07) is 14.0. The molecule has 0 aliphatic carbocycles. The highest BCUT2D eigenvalue weighted by Gasteiger charge is 2.35. The SMILES string of the molecule is CCN(CC)c1ccc(NC(=O)C(C)(C)C(=O)NCCc2ccccc2F)cc1. The van der Waals surface area contributed by atoms with Crippen molar-refractivity contribution in [2.24, 2.45) is 5.41 Å². The van der Waals surface area contributed by atoms with Gasteiger partial charge in [0.1, 0.15) is 11.2 Å². The largest absolute Gasteiger partial charge is 0.372 e. The maximum Gasteiger partial charge on any atom is 0.239 e. The summed E-state index contributed by atoms with van der Waals surface area (Å²) in [6.07, 6.45) is 0.364. The Morgan fingerprint density at radius 1 is 0.966 bits per heavy atom. The van der Waals surface area contributed by atoms with Gasteiger partial charge in [-0.2, -0.15) is 0 Å². The third-order valence-corrected chi connectivity index (χ3v) is 5.03. The van der Waals surface area contributed by atoms with Gasteiger partial charge in [-0.05, 0) is 70.0 Å². The van der Waals surface area contributed by atoms with Gasteiger partial charge >= 0.3 is 0 Å². The summed E-state index contributed by atoms with van der Waals surface area (Å²) < 4.78 is 13.7. The minimum atomic E-state index is -1.26. The topological polar surface area (TPSA) is 61.4 Å². The molecule has 2 rings (SSSR count). The Balaban J connectivity index is 1.92. The first-order chi connectivity index (χ1) is 13.8. The van der Waals surface area contributed by atoms with Gasteiger partial charge in [-0.15, -0.1) is 0 Å². The molecule has 2 N–H and O–H groups in total. The Labute approximate surface area is 172 Å². The molecule has 0 atom stereocenters. The Morgan fingerprint density at radius 2 is 1.59 bits per heavy atom. The van der Waals surface area contributed by atoms with Gasteiger partial charge in [0, 0.05) is 31.0 Å². The Bertz CT molecular complexity index is 830. The van der Waals surface area contributed by atoms with Gasteiger partial charge in [-0.3, -0.25) is 9.59 Å². The Hall–Kier alpha value is -2.89. The fourth-order valence-electron chi connectivity index (χ4n) is 2.97. The fourth-order valence-corrected chi connectivity index (χ4v) is 2.97. The number of nitrogens with zero attached hydrogens (tertiary/aromatic N) is 1. The van der Waals surface area contributed by atoms with E-state index in [-0.39, 0.29) is 12.4 Å². The molecule has 0 unspecified atom stereocenters. The van der Waals surface area contributed by atoms with Crippen molar-refractivity contribution in [3.8, 4) is 0 Å². The van der Waals surface area contributed by atoms with Crippen LogP contribution in [0, 0.1) is 11.2 Å². The molecule has 0 heterocycles. The molecule has 2 amide bonds. The average Bonchev–Trinajstić information content (AvgIpc) is 2.71. The van der Waals surface area contributed by atoms with Crippen molar-refractivity contribution in [3.05, 3.63) is 59.9 Å². The zero-order chi connectivity index (χ0) is 21.4. The molecule has 0 aromatic heterocycles. The van der Waals surface area contributed by atoms with E-state index >= 15 is 0 Å². The summed E-state index contributed by atoms with van der Waals surface area (Å²) in [7, 11) is 0. The van der Waals surface area contributed by atoms with Crippen molar-refractivity contribution in [3.63, 3.8) is 0 Å². The van der Waals surface area contributed by atoms with Crippen LogP contribution >= 0.6 is 0 Å². The first-order valence-corrected chi connectivity index (χ1v) is 9.97. The molecule has 0 saturated carbocycles. The summed E-state index contributed by atoms with van der Waals surface area (Å²) >= 11 is 0. The second-order valence-electron chi connectivity index (χ2n) is 7.40. The van der Waals surface area contributed by atoms with E-state index in [1.54, 1.807) is 32.0 Å².